The second kappa shape index (κ2) is 8.19. The number of aromatic amines is 1. The van der Waals surface area contributed by atoms with E-state index in [1.165, 1.54) is 0 Å². The Balaban J connectivity index is 1.70. The molecule has 26 heavy (non-hydrogen) atoms. The van der Waals surface area contributed by atoms with Crippen molar-refractivity contribution in [3.63, 3.8) is 0 Å². The van der Waals surface area contributed by atoms with Gasteiger partial charge in [-0.15, -0.1) is 0 Å². The number of likely N-dealkylation sites (tertiary alicyclic amines) is 1. The summed E-state index contributed by atoms with van der Waals surface area (Å²) in [7, 11) is 1.65. The molecule has 138 valence electrons. The number of nitrogens with one attached hydrogen (secondary N) is 1. The molecule has 6 nitrogen and oxygen atoms in total. The van der Waals surface area contributed by atoms with Crippen molar-refractivity contribution in [2.24, 2.45) is 5.41 Å². The monoisotopic (exact) mass is 355 g/mol. The van der Waals surface area contributed by atoms with Crippen molar-refractivity contribution >= 4 is 12.0 Å². The van der Waals surface area contributed by atoms with Crippen molar-refractivity contribution in [1.29, 1.82) is 0 Å². The summed E-state index contributed by atoms with van der Waals surface area (Å²) in [5, 5.41) is 10.1. The first-order valence-electron chi connectivity index (χ1n) is 8.83. The quantitative estimate of drug-likeness (QED) is 0.779. The molecule has 1 aliphatic heterocycles. The summed E-state index contributed by atoms with van der Waals surface area (Å²) in [5.74, 6) is 0.768. The number of hydrogen-bond donors (Lipinski definition) is 2. The van der Waals surface area contributed by atoms with Gasteiger partial charge in [-0.3, -0.25) is 4.79 Å². The maximum absolute atomic E-state index is 12.6. The number of H-pyrrole nitrogens is 1. The third kappa shape index (κ3) is 4.32. The van der Waals surface area contributed by atoms with Gasteiger partial charge in [-0.2, -0.15) is 0 Å². The number of carbonyl (C=O) groups is 1. The first-order valence-corrected chi connectivity index (χ1v) is 8.83. The fourth-order valence-electron chi connectivity index (χ4n) is 3.56. The van der Waals surface area contributed by atoms with Gasteiger partial charge in [0.2, 0.25) is 5.91 Å². The summed E-state index contributed by atoms with van der Waals surface area (Å²) >= 11 is 0. The van der Waals surface area contributed by atoms with Crippen LogP contribution in [0.15, 0.2) is 42.9 Å². The number of hydrogen-bond acceptors (Lipinski definition) is 4. The van der Waals surface area contributed by atoms with Gasteiger partial charge in [-0.05, 0) is 43.0 Å². The molecule has 1 unspecified atom stereocenters. The van der Waals surface area contributed by atoms with Crippen LogP contribution in [-0.2, 0) is 11.2 Å². The number of benzene rings is 1. The number of imidazole rings is 1. The minimum absolute atomic E-state index is 0.0391. The zero-order chi connectivity index (χ0) is 18.4. The van der Waals surface area contributed by atoms with E-state index in [0.717, 1.165) is 36.3 Å². The molecule has 0 spiro atoms. The van der Waals surface area contributed by atoms with Gasteiger partial charge in [-0.25, -0.2) is 4.98 Å². The van der Waals surface area contributed by atoms with E-state index < -0.39 is 0 Å². The maximum atomic E-state index is 12.6. The number of aliphatic hydroxyl groups is 1. The first-order chi connectivity index (χ1) is 12.6. The Kier molecular flexibility index (Phi) is 5.73. The fourth-order valence-corrected chi connectivity index (χ4v) is 3.56. The smallest absolute Gasteiger partial charge is 0.246 e. The molecule has 0 aliphatic carbocycles. The van der Waals surface area contributed by atoms with Crippen LogP contribution in [0, 0.1) is 5.41 Å². The Labute approximate surface area is 153 Å². The Morgan fingerprint density at radius 3 is 3.12 bits per heavy atom. The molecule has 3 rings (SSSR count). The standard InChI is InChI=1S/C20H25N3O3/c1-26-18-5-2-4-16(10-18)11-20(14-24)8-3-9-23(13-20)19(25)7-6-17-12-21-15-22-17/h2,4-7,10,12,15,24H,3,8-9,11,13-14H2,1H3,(H,21,22)/b7-6+. The summed E-state index contributed by atoms with van der Waals surface area (Å²) in [5.41, 5.74) is 1.59. The lowest BCUT2D eigenvalue weighted by Crippen LogP contribution is -2.48. The Morgan fingerprint density at radius 2 is 2.38 bits per heavy atom. The SMILES string of the molecule is COc1cccc(CC2(CO)CCCN(C(=O)/C=C/c3cnc[nH]3)C2)c1. The molecule has 1 fully saturated rings. The van der Waals surface area contributed by atoms with Gasteiger partial charge >= 0.3 is 0 Å². The topological polar surface area (TPSA) is 78.5 Å². The molecule has 0 saturated carbocycles. The average molecular weight is 355 g/mol. The number of amides is 1. The van der Waals surface area contributed by atoms with Gasteiger partial charge in [-0.1, -0.05) is 12.1 Å². The van der Waals surface area contributed by atoms with Crippen molar-refractivity contribution in [3.8, 4) is 5.75 Å². The highest BCUT2D eigenvalue weighted by Crippen LogP contribution is 2.34. The molecule has 2 heterocycles. The van der Waals surface area contributed by atoms with Crippen LogP contribution in [0.4, 0.5) is 0 Å². The molecule has 6 heteroatoms. The molecule has 1 aromatic heterocycles. The normalized spacial score (nSPS) is 20.5. The van der Waals surface area contributed by atoms with Crippen LogP contribution in [0.3, 0.4) is 0 Å². The number of aromatic nitrogens is 2. The second-order valence-corrected chi connectivity index (χ2v) is 6.89. The zero-order valence-electron chi connectivity index (χ0n) is 15.0. The fraction of sp³-hybridized carbons (Fsp3) is 0.400. The molecule has 0 bridgehead atoms. The van der Waals surface area contributed by atoms with Crippen LogP contribution in [0.25, 0.3) is 6.08 Å². The molecule has 1 atom stereocenters. The van der Waals surface area contributed by atoms with Crippen LogP contribution in [-0.4, -0.2) is 52.7 Å². The first kappa shape index (κ1) is 18.2. The molecule has 0 radical (unpaired) electrons. The van der Waals surface area contributed by atoms with E-state index in [1.807, 2.05) is 29.2 Å². The average Bonchev–Trinajstić information content (AvgIpc) is 3.20. The van der Waals surface area contributed by atoms with Crippen LogP contribution in [0.5, 0.6) is 5.75 Å². The van der Waals surface area contributed by atoms with E-state index in [4.69, 9.17) is 4.74 Å². The van der Waals surface area contributed by atoms with Crippen molar-refractivity contribution in [2.45, 2.75) is 19.3 Å². The van der Waals surface area contributed by atoms with Gasteiger partial charge in [0.15, 0.2) is 0 Å². The van der Waals surface area contributed by atoms with Crippen molar-refractivity contribution in [2.75, 3.05) is 26.8 Å². The third-order valence-corrected chi connectivity index (χ3v) is 4.95. The summed E-state index contributed by atoms with van der Waals surface area (Å²) in [6.45, 7) is 1.32. The number of aliphatic hydroxyl groups excluding tert-OH is 1. The number of rotatable bonds is 6. The summed E-state index contributed by atoms with van der Waals surface area (Å²) < 4.78 is 5.29. The molecule has 1 saturated heterocycles. The number of nitrogens with zero attached hydrogens (tertiary/aromatic N) is 2. The molecule has 1 amide bonds. The van der Waals surface area contributed by atoms with Crippen molar-refractivity contribution < 1.29 is 14.6 Å². The highest BCUT2D eigenvalue weighted by Gasteiger charge is 2.36. The van der Waals surface area contributed by atoms with Gasteiger partial charge in [0.1, 0.15) is 5.75 Å². The number of methoxy groups -OCH3 is 1. The van der Waals surface area contributed by atoms with E-state index in [0.29, 0.717) is 13.1 Å². The lowest BCUT2D eigenvalue weighted by atomic mass is 9.75. The van der Waals surface area contributed by atoms with Crippen LogP contribution in [0.2, 0.25) is 0 Å². The molecule has 1 aromatic carbocycles. The second-order valence-electron chi connectivity index (χ2n) is 6.89. The molecule has 1 aliphatic rings. The van der Waals surface area contributed by atoms with Crippen molar-refractivity contribution in [1.82, 2.24) is 14.9 Å². The van der Waals surface area contributed by atoms with E-state index in [2.05, 4.69) is 9.97 Å². The lowest BCUT2D eigenvalue weighted by Gasteiger charge is -2.41. The number of piperidine rings is 1. The number of carbonyl (C=O) groups excluding carboxylic acids is 1. The molecular weight excluding hydrogens is 330 g/mol. The van der Waals surface area contributed by atoms with E-state index in [-0.39, 0.29) is 17.9 Å². The highest BCUT2D eigenvalue weighted by molar-refractivity contribution is 5.91. The van der Waals surface area contributed by atoms with Crippen LogP contribution >= 0.6 is 0 Å². The maximum Gasteiger partial charge on any atom is 0.246 e. The lowest BCUT2D eigenvalue weighted by molar-refractivity contribution is -0.130. The number of ether oxygens (including phenoxy) is 1. The molecule has 2 N–H and O–H groups in total. The highest BCUT2D eigenvalue weighted by atomic mass is 16.5. The minimum Gasteiger partial charge on any atom is -0.497 e. The van der Waals surface area contributed by atoms with E-state index in [9.17, 15) is 9.90 Å². The van der Waals surface area contributed by atoms with Gasteiger partial charge in [0.05, 0.1) is 31.9 Å². The minimum atomic E-state index is -0.317. The summed E-state index contributed by atoms with van der Waals surface area (Å²) in [4.78, 5) is 21.3. The Hall–Kier alpha value is -2.60. The molecular formula is C20H25N3O3. The Morgan fingerprint density at radius 1 is 1.50 bits per heavy atom. The van der Waals surface area contributed by atoms with Gasteiger partial charge < -0.3 is 19.7 Å². The largest absolute Gasteiger partial charge is 0.497 e. The van der Waals surface area contributed by atoms with E-state index >= 15 is 0 Å². The van der Waals surface area contributed by atoms with E-state index in [1.54, 1.807) is 31.8 Å². The van der Waals surface area contributed by atoms with Crippen molar-refractivity contribution in [3.05, 3.63) is 54.1 Å². The zero-order valence-corrected chi connectivity index (χ0v) is 15.0. The van der Waals surface area contributed by atoms with Gasteiger partial charge in [0, 0.05) is 24.6 Å². The summed E-state index contributed by atoms with van der Waals surface area (Å²) in [6, 6.07) is 7.90. The predicted molar refractivity (Wildman–Crippen MR) is 99.7 cm³/mol. The van der Waals surface area contributed by atoms with Gasteiger partial charge in [0.25, 0.3) is 0 Å². The molecule has 2 aromatic rings. The Bertz CT molecular complexity index is 757. The third-order valence-electron chi connectivity index (χ3n) is 4.95. The van der Waals surface area contributed by atoms with Crippen LogP contribution < -0.4 is 4.74 Å². The summed E-state index contributed by atoms with van der Waals surface area (Å²) in [6.07, 6.45) is 9.04. The van der Waals surface area contributed by atoms with Crippen LogP contribution in [0.1, 0.15) is 24.1 Å². The predicted octanol–water partition coefficient (Wildman–Crippen LogP) is 2.28.